The largest absolute Gasteiger partial charge is 0.443 e. The molecule has 188 valence electrons. The molecule has 2 aromatic carbocycles. The molecule has 0 aliphatic carbocycles. The minimum Gasteiger partial charge on any atom is -0.443 e. The summed E-state index contributed by atoms with van der Waals surface area (Å²) >= 11 is 0. The quantitative estimate of drug-likeness (QED) is 0.397. The molecule has 0 aromatic heterocycles. The lowest BCUT2D eigenvalue weighted by molar-refractivity contribution is 0.0968. The standard InChI is InChI=1S/C25H33N5O4S/c1-16-12-17(2)23(18(3)13-16)35(32,33)28-20-8-10-29(11-9-20)14-22-15-30(25(31)34-22)21-6-4-19(5-7-21)24(26)27/h4-7,12-13,20,22,28H,8-11,14-15H2,1-3H3,(H3,26,27). The van der Waals surface area contributed by atoms with Gasteiger partial charge in [0.2, 0.25) is 10.0 Å². The number of amidine groups is 1. The number of nitrogens with two attached hydrogens (primary N) is 1. The third-order valence-electron chi connectivity index (χ3n) is 6.61. The first-order valence-electron chi connectivity index (χ1n) is 11.8. The van der Waals surface area contributed by atoms with Gasteiger partial charge >= 0.3 is 6.09 Å². The van der Waals surface area contributed by atoms with E-state index in [-0.39, 0.29) is 18.0 Å². The number of rotatable bonds is 7. The molecule has 1 amide bonds. The van der Waals surface area contributed by atoms with Gasteiger partial charge in [-0.05, 0) is 82.1 Å². The molecule has 1 unspecified atom stereocenters. The monoisotopic (exact) mass is 499 g/mol. The average Bonchev–Trinajstić information content (AvgIpc) is 3.14. The molecule has 0 radical (unpaired) electrons. The summed E-state index contributed by atoms with van der Waals surface area (Å²) in [5.41, 5.74) is 9.37. The zero-order valence-corrected chi connectivity index (χ0v) is 21.2. The topological polar surface area (TPSA) is 129 Å². The number of nitrogens with zero attached hydrogens (tertiary/aromatic N) is 2. The first kappa shape index (κ1) is 25.2. The van der Waals surface area contributed by atoms with Crippen LogP contribution in [0, 0.1) is 26.2 Å². The van der Waals surface area contributed by atoms with Crippen LogP contribution in [0.2, 0.25) is 0 Å². The number of nitrogen functional groups attached to an aromatic ring is 1. The second-order valence-electron chi connectivity index (χ2n) is 9.50. The number of ether oxygens (including phenoxy) is 1. The number of likely N-dealkylation sites (tertiary alicyclic amines) is 1. The smallest absolute Gasteiger partial charge is 0.414 e. The number of carbonyl (C=O) groups excluding carboxylic acids is 1. The number of nitrogens with one attached hydrogen (secondary N) is 2. The molecule has 35 heavy (non-hydrogen) atoms. The first-order chi connectivity index (χ1) is 16.5. The molecule has 2 fully saturated rings. The number of sulfonamides is 1. The summed E-state index contributed by atoms with van der Waals surface area (Å²) in [6.07, 6.45) is 0.735. The van der Waals surface area contributed by atoms with Gasteiger partial charge in [0.25, 0.3) is 0 Å². The Bertz CT molecular complexity index is 1200. The van der Waals surface area contributed by atoms with Gasteiger partial charge in [0.05, 0.1) is 11.4 Å². The van der Waals surface area contributed by atoms with Crippen LogP contribution in [-0.2, 0) is 14.8 Å². The molecule has 2 aliphatic heterocycles. The van der Waals surface area contributed by atoms with Crippen LogP contribution in [0.15, 0.2) is 41.3 Å². The zero-order valence-electron chi connectivity index (χ0n) is 20.4. The van der Waals surface area contributed by atoms with Crippen LogP contribution in [0.25, 0.3) is 0 Å². The molecule has 4 N–H and O–H groups in total. The van der Waals surface area contributed by atoms with Crippen LogP contribution in [0.5, 0.6) is 0 Å². The Morgan fingerprint density at radius 3 is 2.29 bits per heavy atom. The van der Waals surface area contributed by atoms with Gasteiger partial charge in [-0.1, -0.05) is 17.7 Å². The van der Waals surface area contributed by atoms with Crippen molar-refractivity contribution in [3.05, 3.63) is 58.7 Å². The van der Waals surface area contributed by atoms with E-state index in [0.29, 0.717) is 42.1 Å². The van der Waals surface area contributed by atoms with E-state index < -0.39 is 16.1 Å². The number of aryl methyl sites for hydroxylation is 3. The number of anilines is 1. The van der Waals surface area contributed by atoms with Gasteiger partial charge in [0.15, 0.2) is 0 Å². The van der Waals surface area contributed by atoms with Gasteiger partial charge < -0.3 is 10.5 Å². The maximum Gasteiger partial charge on any atom is 0.414 e. The number of hydrogen-bond acceptors (Lipinski definition) is 6. The van der Waals surface area contributed by atoms with Crippen molar-refractivity contribution in [2.75, 3.05) is 31.1 Å². The van der Waals surface area contributed by atoms with Crippen molar-refractivity contribution < 1.29 is 17.9 Å². The van der Waals surface area contributed by atoms with Crippen molar-refractivity contribution in [2.45, 2.75) is 50.7 Å². The third-order valence-corrected chi connectivity index (χ3v) is 8.43. The normalized spacial score (nSPS) is 19.7. The fourth-order valence-electron chi connectivity index (χ4n) is 5.04. The van der Waals surface area contributed by atoms with E-state index in [9.17, 15) is 13.2 Å². The van der Waals surface area contributed by atoms with Crippen LogP contribution >= 0.6 is 0 Å². The molecular formula is C25H33N5O4S. The summed E-state index contributed by atoms with van der Waals surface area (Å²) in [5.74, 6) is -0.0201. The van der Waals surface area contributed by atoms with E-state index in [1.54, 1.807) is 29.2 Å². The van der Waals surface area contributed by atoms with Crippen LogP contribution in [0.4, 0.5) is 10.5 Å². The lowest BCUT2D eigenvalue weighted by Gasteiger charge is -2.33. The van der Waals surface area contributed by atoms with Crippen molar-refractivity contribution in [2.24, 2.45) is 5.73 Å². The summed E-state index contributed by atoms with van der Waals surface area (Å²) in [4.78, 5) is 16.6. The summed E-state index contributed by atoms with van der Waals surface area (Å²) < 4.78 is 34.6. The number of benzene rings is 2. The van der Waals surface area contributed by atoms with E-state index in [0.717, 1.165) is 29.8 Å². The number of amides is 1. The summed E-state index contributed by atoms with van der Waals surface area (Å²) in [6.45, 7) is 8.12. The predicted molar refractivity (Wildman–Crippen MR) is 136 cm³/mol. The van der Waals surface area contributed by atoms with Gasteiger partial charge in [-0.15, -0.1) is 0 Å². The maximum absolute atomic E-state index is 13.1. The minimum absolute atomic E-state index is 0.0201. The molecule has 2 heterocycles. The maximum atomic E-state index is 13.1. The van der Waals surface area contributed by atoms with Gasteiger partial charge in [0, 0.05) is 23.8 Å². The summed E-state index contributed by atoms with van der Waals surface area (Å²) in [6, 6.07) is 10.6. The van der Waals surface area contributed by atoms with Gasteiger partial charge in [-0.3, -0.25) is 15.2 Å². The zero-order chi connectivity index (χ0) is 25.3. The summed E-state index contributed by atoms with van der Waals surface area (Å²) in [5, 5.41) is 7.49. The lowest BCUT2D eigenvalue weighted by atomic mass is 10.1. The molecule has 0 spiro atoms. The lowest BCUT2D eigenvalue weighted by Crippen LogP contribution is -2.47. The third kappa shape index (κ3) is 5.66. The fourth-order valence-corrected chi connectivity index (χ4v) is 6.80. The molecule has 10 heteroatoms. The van der Waals surface area contributed by atoms with Crippen molar-refractivity contribution in [3.63, 3.8) is 0 Å². The molecular weight excluding hydrogens is 466 g/mol. The van der Waals surface area contributed by atoms with Gasteiger partial charge in [-0.2, -0.15) is 0 Å². The average molecular weight is 500 g/mol. The molecule has 0 saturated carbocycles. The van der Waals surface area contributed by atoms with Crippen molar-refractivity contribution in [1.82, 2.24) is 9.62 Å². The minimum atomic E-state index is -3.60. The SMILES string of the molecule is Cc1cc(C)c(S(=O)(=O)NC2CCN(CC3CN(c4ccc(C(=N)N)cc4)C(=O)O3)CC2)c(C)c1. The Morgan fingerprint density at radius 1 is 1.11 bits per heavy atom. The second kappa shape index (κ2) is 9.96. The molecule has 9 nitrogen and oxygen atoms in total. The molecule has 2 saturated heterocycles. The molecule has 2 aromatic rings. The number of piperidine rings is 1. The van der Waals surface area contributed by atoms with E-state index in [2.05, 4.69) is 9.62 Å². The number of hydrogen-bond donors (Lipinski definition) is 3. The Morgan fingerprint density at radius 2 is 1.71 bits per heavy atom. The summed E-state index contributed by atoms with van der Waals surface area (Å²) in [7, 11) is -3.60. The van der Waals surface area contributed by atoms with Gasteiger partial charge in [-0.25, -0.2) is 17.9 Å². The fraction of sp³-hybridized carbons (Fsp3) is 0.440. The number of carbonyl (C=O) groups is 1. The van der Waals surface area contributed by atoms with Crippen LogP contribution in [0.1, 0.15) is 35.1 Å². The highest BCUT2D eigenvalue weighted by atomic mass is 32.2. The van der Waals surface area contributed by atoms with E-state index >= 15 is 0 Å². The van der Waals surface area contributed by atoms with Crippen LogP contribution in [0.3, 0.4) is 0 Å². The van der Waals surface area contributed by atoms with E-state index in [1.165, 1.54) is 0 Å². The second-order valence-corrected chi connectivity index (χ2v) is 11.2. The van der Waals surface area contributed by atoms with Gasteiger partial charge in [0.1, 0.15) is 11.9 Å². The van der Waals surface area contributed by atoms with Crippen molar-refractivity contribution in [3.8, 4) is 0 Å². The number of cyclic esters (lactones) is 1. The Kier molecular flexibility index (Phi) is 7.16. The first-order valence-corrected chi connectivity index (χ1v) is 13.3. The Hall–Kier alpha value is -2.95. The van der Waals surface area contributed by atoms with Crippen LogP contribution < -0.4 is 15.4 Å². The highest BCUT2D eigenvalue weighted by Gasteiger charge is 2.35. The Labute approximate surface area is 206 Å². The van der Waals surface area contributed by atoms with Crippen LogP contribution in [-0.4, -0.2) is 63.6 Å². The van der Waals surface area contributed by atoms with Crippen molar-refractivity contribution >= 4 is 27.6 Å². The highest BCUT2D eigenvalue weighted by Crippen LogP contribution is 2.25. The van der Waals surface area contributed by atoms with Crippen molar-refractivity contribution in [1.29, 1.82) is 5.41 Å². The molecule has 0 bridgehead atoms. The molecule has 4 rings (SSSR count). The Balaban J connectivity index is 1.30. The van der Waals surface area contributed by atoms with E-state index in [4.69, 9.17) is 15.9 Å². The predicted octanol–water partition coefficient (Wildman–Crippen LogP) is 2.66. The molecule has 2 aliphatic rings. The molecule has 1 atom stereocenters. The highest BCUT2D eigenvalue weighted by molar-refractivity contribution is 7.89. The van der Waals surface area contributed by atoms with E-state index in [1.807, 2.05) is 32.9 Å².